The SMILES string of the molecule is [2H]C([2H])(C#N)C(C)(C)N=O. The maximum absolute atomic E-state index is 9.99. The Morgan fingerprint density at radius 2 is 2.50 bits per heavy atom. The Morgan fingerprint density at radius 3 is 2.62 bits per heavy atom. The first-order valence-electron chi connectivity index (χ1n) is 3.13. The zero-order chi connectivity index (χ0) is 8.41. The summed E-state index contributed by atoms with van der Waals surface area (Å²) >= 11 is 0. The quantitative estimate of drug-likeness (QED) is 0.510. The largest absolute Gasteiger partial charge is 0.198 e. The third kappa shape index (κ3) is 2.30. The fourth-order valence-electron chi connectivity index (χ4n) is 0.160. The van der Waals surface area contributed by atoms with E-state index in [4.69, 9.17) is 8.00 Å². The number of hydrogen-bond acceptors (Lipinski definition) is 3. The Hall–Kier alpha value is -0.910. The molecule has 3 heteroatoms. The van der Waals surface area contributed by atoms with Gasteiger partial charge in [0.15, 0.2) is 0 Å². The lowest BCUT2D eigenvalue weighted by atomic mass is 10.0. The van der Waals surface area contributed by atoms with Crippen LogP contribution >= 0.6 is 0 Å². The van der Waals surface area contributed by atoms with Gasteiger partial charge >= 0.3 is 0 Å². The molecule has 0 aromatic carbocycles. The van der Waals surface area contributed by atoms with Crippen LogP contribution < -0.4 is 0 Å². The molecule has 3 nitrogen and oxygen atoms in total. The van der Waals surface area contributed by atoms with Crippen LogP contribution in [0.5, 0.6) is 0 Å². The van der Waals surface area contributed by atoms with Crippen molar-refractivity contribution in [2.45, 2.75) is 25.8 Å². The van der Waals surface area contributed by atoms with Crippen LogP contribution in [-0.2, 0) is 0 Å². The highest BCUT2D eigenvalue weighted by molar-refractivity contribution is 4.87. The van der Waals surface area contributed by atoms with Crippen LogP contribution in [0.4, 0.5) is 0 Å². The van der Waals surface area contributed by atoms with E-state index in [1.807, 2.05) is 0 Å². The minimum atomic E-state index is -2.19. The van der Waals surface area contributed by atoms with Gasteiger partial charge in [-0.2, -0.15) is 10.2 Å². The van der Waals surface area contributed by atoms with Crippen molar-refractivity contribution in [1.82, 2.24) is 0 Å². The molecular weight excluding hydrogens is 104 g/mol. The van der Waals surface area contributed by atoms with E-state index in [-0.39, 0.29) is 0 Å². The smallest absolute Gasteiger partial charge is 0.110 e. The Morgan fingerprint density at radius 1 is 2.00 bits per heavy atom. The van der Waals surface area contributed by atoms with Crippen molar-refractivity contribution in [2.75, 3.05) is 0 Å². The number of hydrogen-bond donors (Lipinski definition) is 0. The Labute approximate surface area is 51.1 Å². The predicted octanol–water partition coefficient (Wildman–Crippen LogP) is 1.45. The van der Waals surface area contributed by atoms with Crippen molar-refractivity contribution in [3.05, 3.63) is 4.91 Å². The lowest BCUT2D eigenvalue weighted by molar-refractivity contribution is 0.531. The Balaban J connectivity index is 4.65. The van der Waals surface area contributed by atoms with Crippen molar-refractivity contribution in [2.24, 2.45) is 5.18 Å². The topological polar surface area (TPSA) is 53.2 Å². The minimum Gasteiger partial charge on any atom is -0.198 e. The average Bonchev–Trinajstić information content (AvgIpc) is 1.88. The molecule has 0 atom stereocenters. The van der Waals surface area contributed by atoms with Crippen molar-refractivity contribution in [1.29, 1.82) is 5.26 Å². The Kier molecular flexibility index (Phi) is 1.21. The molecule has 0 spiro atoms. The first-order chi connectivity index (χ1) is 4.37. The summed E-state index contributed by atoms with van der Waals surface area (Å²) in [6, 6.07) is 1.37. The van der Waals surface area contributed by atoms with Crippen molar-refractivity contribution >= 4 is 0 Å². The van der Waals surface area contributed by atoms with Gasteiger partial charge in [-0.15, -0.1) is 0 Å². The van der Waals surface area contributed by atoms with Gasteiger partial charge in [-0.3, -0.25) is 0 Å². The lowest BCUT2D eigenvalue weighted by Gasteiger charge is -2.07. The molecule has 0 amide bonds. The summed E-state index contributed by atoms with van der Waals surface area (Å²) in [6.45, 7) is 2.56. The van der Waals surface area contributed by atoms with Crippen LogP contribution in [0.1, 0.15) is 23.0 Å². The van der Waals surface area contributed by atoms with Gasteiger partial charge in [-0.25, -0.2) is 0 Å². The zero-order valence-corrected chi connectivity index (χ0v) is 4.80. The summed E-state index contributed by atoms with van der Waals surface area (Å²) in [5.41, 5.74) is -1.47. The summed E-state index contributed by atoms with van der Waals surface area (Å²) < 4.78 is 14.0. The highest BCUT2D eigenvalue weighted by Crippen LogP contribution is 2.11. The molecule has 0 aliphatic heterocycles. The standard InChI is InChI=1S/C5H8N2O/c1-5(2,7-8)3-4-6/h3H2,1-2H3/i3D2. The second-order valence-corrected chi connectivity index (χ2v) is 1.89. The first kappa shape index (κ1) is 4.02. The fraction of sp³-hybridized carbons (Fsp3) is 0.800. The highest BCUT2D eigenvalue weighted by Gasteiger charge is 2.16. The van der Waals surface area contributed by atoms with E-state index < -0.39 is 11.9 Å². The summed E-state index contributed by atoms with van der Waals surface area (Å²) in [7, 11) is 0. The van der Waals surface area contributed by atoms with Gasteiger partial charge in [-0.1, -0.05) is 5.18 Å². The van der Waals surface area contributed by atoms with Crippen molar-refractivity contribution in [3.8, 4) is 6.07 Å². The van der Waals surface area contributed by atoms with E-state index in [0.717, 1.165) is 0 Å². The molecule has 0 aliphatic rings. The monoisotopic (exact) mass is 114 g/mol. The summed E-state index contributed by atoms with van der Waals surface area (Å²) in [5.74, 6) is 0. The average molecular weight is 114 g/mol. The molecule has 0 aromatic heterocycles. The van der Waals surface area contributed by atoms with Crippen molar-refractivity contribution < 1.29 is 2.74 Å². The molecule has 0 N–H and O–H groups in total. The number of nitriles is 1. The van der Waals surface area contributed by atoms with Gasteiger partial charge in [-0.05, 0) is 13.8 Å². The fourth-order valence-corrected chi connectivity index (χ4v) is 0.160. The van der Waals surface area contributed by atoms with Gasteiger partial charge < -0.3 is 0 Å². The summed E-state index contributed by atoms with van der Waals surface area (Å²) in [5, 5.41) is 10.8. The highest BCUT2D eigenvalue weighted by atomic mass is 16.3. The molecule has 0 radical (unpaired) electrons. The van der Waals surface area contributed by atoms with Gasteiger partial charge in [0, 0.05) is 2.74 Å². The van der Waals surface area contributed by atoms with Crippen LogP contribution in [0.25, 0.3) is 0 Å². The molecule has 44 valence electrons. The van der Waals surface area contributed by atoms with Gasteiger partial charge in [0.1, 0.15) is 5.54 Å². The lowest BCUT2D eigenvalue weighted by Crippen LogP contribution is -2.13. The number of rotatable bonds is 2. The number of nitrogens with zero attached hydrogens (tertiary/aromatic N) is 2. The van der Waals surface area contributed by atoms with Gasteiger partial charge in [0.2, 0.25) is 0 Å². The number of nitroso groups, excluding NO2 is 1. The predicted molar refractivity (Wildman–Crippen MR) is 30.1 cm³/mol. The molecule has 0 fully saturated rings. The molecule has 0 unspecified atom stereocenters. The molecule has 8 heavy (non-hydrogen) atoms. The van der Waals surface area contributed by atoms with Crippen molar-refractivity contribution in [3.63, 3.8) is 0 Å². The van der Waals surface area contributed by atoms with E-state index in [2.05, 4.69) is 5.18 Å². The van der Waals surface area contributed by atoms with Crippen LogP contribution in [-0.4, -0.2) is 5.54 Å². The molecule has 0 aromatic rings. The van der Waals surface area contributed by atoms with Gasteiger partial charge in [0.05, 0.1) is 12.4 Å². The maximum atomic E-state index is 9.99. The molecule has 0 bridgehead atoms. The van der Waals surface area contributed by atoms with E-state index >= 15 is 0 Å². The molecule has 0 saturated heterocycles. The second kappa shape index (κ2) is 2.41. The third-order valence-electron chi connectivity index (χ3n) is 0.590. The minimum absolute atomic E-state index is 1.28. The van der Waals surface area contributed by atoms with E-state index in [1.165, 1.54) is 19.9 Å². The van der Waals surface area contributed by atoms with E-state index in [1.54, 1.807) is 0 Å². The van der Waals surface area contributed by atoms with Crippen LogP contribution in [0.3, 0.4) is 0 Å². The van der Waals surface area contributed by atoms with Crippen LogP contribution in [0.2, 0.25) is 0 Å². The third-order valence-corrected chi connectivity index (χ3v) is 0.590. The maximum Gasteiger partial charge on any atom is 0.110 e. The molecular formula is C5H8N2O. The van der Waals surface area contributed by atoms with Crippen LogP contribution in [0, 0.1) is 16.2 Å². The molecule has 0 aliphatic carbocycles. The van der Waals surface area contributed by atoms with Gasteiger partial charge in [0.25, 0.3) is 0 Å². The van der Waals surface area contributed by atoms with E-state index in [0.29, 0.717) is 0 Å². The van der Waals surface area contributed by atoms with E-state index in [9.17, 15) is 4.91 Å². The molecule has 0 rings (SSSR count). The second-order valence-electron chi connectivity index (χ2n) is 1.89. The van der Waals surface area contributed by atoms with Crippen LogP contribution in [0.15, 0.2) is 5.18 Å². The zero-order valence-electron chi connectivity index (χ0n) is 6.80. The summed E-state index contributed by atoms with van der Waals surface area (Å²) in [6.07, 6.45) is -2.19. The first-order valence-corrected chi connectivity index (χ1v) is 2.13. The summed E-state index contributed by atoms with van der Waals surface area (Å²) in [4.78, 5) is 9.99. The molecule has 0 saturated carbocycles. The molecule has 0 heterocycles. The Bertz CT molecular complexity index is 183. The normalized spacial score (nSPS) is 15.6.